The van der Waals surface area contributed by atoms with Gasteiger partial charge in [-0.2, -0.15) is 0 Å². The standard InChI is InChI=1S/C12H18Br4/c13-9-5-3-1-2-4-6-10(14)12(16)8-7-11(9)15/h1-2,9-12H,3-8H2/b2-1-/t9-,10-,11-,12-/m0/s1. The van der Waals surface area contributed by atoms with E-state index in [1.165, 1.54) is 38.5 Å². The van der Waals surface area contributed by atoms with Crippen LogP contribution >= 0.6 is 63.7 Å². The zero-order valence-corrected chi connectivity index (χ0v) is 15.6. The lowest BCUT2D eigenvalue weighted by atomic mass is 10.0. The molecule has 0 amide bonds. The molecule has 0 aromatic carbocycles. The summed E-state index contributed by atoms with van der Waals surface area (Å²) in [5, 5.41) is 0. The minimum atomic E-state index is 0.583. The van der Waals surface area contributed by atoms with E-state index in [0.29, 0.717) is 19.3 Å². The maximum atomic E-state index is 3.78. The van der Waals surface area contributed by atoms with E-state index in [1.54, 1.807) is 0 Å². The maximum absolute atomic E-state index is 3.78. The first-order valence-corrected chi connectivity index (χ1v) is 9.49. The fourth-order valence-corrected chi connectivity index (χ4v) is 3.90. The molecule has 4 heteroatoms. The first-order chi connectivity index (χ1) is 7.61. The third-order valence-electron chi connectivity index (χ3n) is 2.89. The SMILES string of the molecule is Br[C@H]1CC/C=C\CC[C@H](Br)[C@@H](Br)CC[C@@H]1Br. The normalized spacial score (nSPS) is 40.8. The van der Waals surface area contributed by atoms with E-state index in [1.807, 2.05) is 0 Å². The van der Waals surface area contributed by atoms with Gasteiger partial charge in [0, 0.05) is 19.3 Å². The first kappa shape index (κ1) is 15.7. The van der Waals surface area contributed by atoms with Crippen molar-refractivity contribution in [1.29, 1.82) is 0 Å². The van der Waals surface area contributed by atoms with E-state index in [4.69, 9.17) is 0 Å². The van der Waals surface area contributed by atoms with E-state index in [-0.39, 0.29) is 0 Å². The van der Waals surface area contributed by atoms with Gasteiger partial charge < -0.3 is 0 Å². The summed E-state index contributed by atoms with van der Waals surface area (Å²) in [7, 11) is 0. The summed E-state index contributed by atoms with van der Waals surface area (Å²) in [6.07, 6.45) is 11.9. The lowest BCUT2D eigenvalue weighted by Crippen LogP contribution is -2.19. The summed E-state index contributed by atoms with van der Waals surface area (Å²) in [5.74, 6) is 0. The van der Waals surface area contributed by atoms with Gasteiger partial charge in [-0.25, -0.2) is 0 Å². The molecule has 0 N–H and O–H groups in total. The molecule has 94 valence electrons. The molecule has 1 aliphatic carbocycles. The Labute approximate surface area is 133 Å². The van der Waals surface area contributed by atoms with Gasteiger partial charge in [0.2, 0.25) is 0 Å². The average molecular weight is 482 g/mol. The Balaban J connectivity index is 2.52. The Morgan fingerprint density at radius 3 is 1.25 bits per heavy atom. The molecule has 0 aromatic rings. The molecular formula is C12H18Br4. The minimum Gasteiger partial charge on any atom is -0.0885 e. The number of halogens is 4. The van der Waals surface area contributed by atoms with Gasteiger partial charge in [0.05, 0.1) is 0 Å². The molecule has 0 heterocycles. The van der Waals surface area contributed by atoms with Crippen LogP contribution in [0.25, 0.3) is 0 Å². The second kappa shape index (κ2) is 8.71. The lowest BCUT2D eigenvalue weighted by Gasteiger charge is -2.21. The van der Waals surface area contributed by atoms with Crippen LogP contribution in [0.1, 0.15) is 38.5 Å². The fraction of sp³-hybridized carbons (Fsp3) is 0.833. The molecular weight excluding hydrogens is 464 g/mol. The largest absolute Gasteiger partial charge is 0.0885 e. The van der Waals surface area contributed by atoms with E-state index in [0.717, 1.165) is 0 Å². The van der Waals surface area contributed by atoms with Crippen LogP contribution in [0.5, 0.6) is 0 Å². The molecule has 0 aliphatic heterocycles. The van der Waals surface area contributed by atoms with Crippen LogP contribution in [0.15, 0.2) is 12.2 Å². The topological polar surface area (TPSA) is 0 Å². The molecule has 0 aromatic heterocycles. The van der Waals surface area contributed by atoms with Gasteiger partial charge in [0.25, 0.3) is 0 Å². The second-order valence-electron chi connectivity index (χ2n) is 4.27. The molecule has 4 atom stereocenters. The number of alkyl halides is 4. The van der Waals surface area contributed by atoms with Crippen molar-refractivity contribution in [1.82, 2.24) is 0 Å². The van der Waals surface area contributed by atoms with Crippen molar-refractivity contribution in [3.8, 4) is 0 Å². The van der Waals surface area contributed by atoms with Crippen molar-refractivity contribution in [2.75, 3.05) is 0 Å². The number of allylic oxidation sites excluding steroid dienone is 2. The molecule has 0 bridgehead atoms. The van der Waals surface area contributed by atoms with Crippen molar-refractivity contribution < 1.29 is 0 Å². The Hall–Kier alpha value is 1.66. The van der Waals surface area contributed by atoms with Crippen molar-refractivity contribution in [2.24, 2.45) is 0 Å². The summed E-state index contributed by atoms with van der Waals surface area (Å²) in [4.78, 5) is 2.34. The first-order valence-electron chi connectivity index (χ1n) is 5.82. The van der Waals surface area contributed by atoms with Crippen LogP contribution in [0.2, 0.25) is 0 Å². The Bertz CT molecular complexity index is 195. The summed E-state index contributed by atoms with van der Waals surface area (Å²) in [5.41, 5.74) is 0. The highest BCUT2D eigenvalue weighted by atomic mass is 79.9. The third kappa shape index (κ3) is 6.01. The quantitative estimate of drug-likeness (QED) is 0.296. The van der Waals surface area contributed by atoms with Crippen LogP contribution in [-0.4, -0.2) is 19.3 Å². The van der Waals surface area contributed by atoms with Crippen LogP contribution < -0.4 is 0 Å². The molecule has 1 rings (SSSR count). The maximum Gasteiger partial charge on any atom is 0.0274 e. The van der Waals surface area contributed by atoms with Crippen molar-refractivity contribution in [3.05, 3.63) is 12.2 Å². The average Bonchev–Trinajstić information content (AvgIpc) is 2.27. The predicted octanol–water partition coefficient (Wildman–Crippen LogP) is 5.95. The minimum absolute atomic E-state index is 0.583. The lowest BCUT2D eigenvalue weighted by molar-refractivity contribution is 0.617. The van der Waals surface area contributed by atoms with Crippen LogP contribution in [0.3, 0.4) is 0 Å². The summed E-state index contributed by atoms with van der Waals surface area (Å²) >= 11 is 15.1. The smallest absolute Gasteiger partial charge is 0.0274 e. The molecule has 0 saturated heterocycles. The summed E-state index contributed by atoms with van der Waals surface area (Å²) in [6, 6.07) is 0. The van der Waals surface area contributed by atoms with Gasteiger partial charge in [-0.05, 0) is 38.5 Å². The van der Waals surface area contributed by atoms with Gasteiger partial charge in [-0.1, -0.05) is 75.9 Å². The number of hydrogen-bond donors (Lipinski definition) is 0. The molecule has 0 saturated carbocycles. The molecule has 0 fully saturated rings. The molecule has 16 heavy (non-hydrogen) atoms. The highest BCUT2D eigenvalue weighted by molar-refractivity contribution is 9.12. The molecule has 0 radical (unpaired) electrons. The molecule has 0 spiro atoms. The summed E-state index contributed by atoms with van der Waals surface area (Å²) < 4.78 is 0. The van der Waals surface area contributed by atoms with Crippen molar-refractivity contribution in [3.63, 3.8) is 0 Å². The van der Waals surface area contributed by atoms with Crippen molar-refractivity contribution >= 4 is 63.7 Å². The number of hydrogen-bond acceptors (Lipinski definition) is 0. The van der Waals surface area contributed by atoms with Crippen molar-refractivity contribution in [2.45, 2.75) is 57.8 Å². The Kier molecular flexibility index (Phi) is 8.55. The highest BCUT2D eigenvalue weighted by Gasteiger charge is 2.20. The Morgan fingerprint density at radius 1 is 0.562 bits per heavy atom. The summed E-state index contributed by atoms with van der Waals surface area (Å²) in [6.45, 7) is 0. The van der Waals surface area contributed by atoms with Gasteiger partial charge in [-0.3, -0.25) is 0 Å². The monoisotopic (exact) mass is 478 g/mol. The predicted molar refractivity (Wildman–Crippen MR) is 87.7 cm³/mol. The Morgan fingerprint density at radius 2 is 0.875 bits per heavy atom. The van der Waals surface area contributed by atoms with Gasteiger partial charge >= 0.3 is 0 Å². The van der Waals surface area contributed by atoms with Crippen LogP contribution in [0.4, 0.5) is 0 Å². The van der Waals surface area contributed by atoms with Crippen LogP contribution in [0, 0.1) is 0 Å². The van der Waals surface area contributed by atoms with E-state index >= 15 is 0 Å². The molecule has 0 nitrogen and oxygen atoms in total. The number of rotatable bonds is 0. The van der Waals surface area contributed by atoms with Crippen LogP contribution in [-0.2, 0) is 0 Å². The molecule has 1 aliphatic rings. The second-order valence-corrected chi connectivity index (χ2v) is 8.97. The highest BCUT2D eigenvalue weighted by Crippen LogP contribution is 2.29. The zero-order chi connectivity index (χ0) is 12.0. The van der Waals surface area contributed by atoms with Gasteiger partial charge in [0.15, 0.2) is 0 Å². The van der Waals surface area contributed by atoms with E-state index < -0.39 is 0 Å². The van der Waals surface area contributed by atoms with E-state index in [2.05, 4.69) is 75.9 Å². The molecule has 0 unspecified atom stereocenters. The van der Waals surface area contributed by atoms with Gasteiger partial charge in [0.1, 0.15) is 0 Å². The van der Waals surface area contributed by atoms with Gasteiger partial charge in [-0.15, -0.1) is 0 Å². The fourth-order valence-electron chi connectivity index (χ4n) is 1.79. The zero-order valence-electron chi connectivity index (χ0n) is 9.22. The van der Waals surface area contributed by atoms with E-state index in [9.17, 15) is 0 Å². The third-order valence-corrected chi connectivity index (χ3v) is 8.69.